The summed E-state index contributed by atoms with van der Waals surface area (Å²) >= 11 is 5.59. The summed E-state index contributed by atoms with van der Waals surface area (Å²) in [5.74, 6) is 3.20. The summed E-state index contributed by atoms with van der Waals surface area (Å²) in [5, 5.41) is 0. The first-order valence-corrected chi connectivity index (χ1v) is 16.7. The lowest BCUT2D eigenvalue weighted by Gasteiger charge is -2.46. The van der Waals surface area contributed by atoms with Crippen LogP contribution in [0.4, 0.5) is 0 Å². The SMILES string of the molecule is COc1cc2c(cc1OC)[C@@H](Cc1cc(OC)c(OC)c(OC)c1)[N@+](C)(CCCOC(=O)CC/C=C/CCC(=O)OCCCCl)CC2.[Cl-]. The minimum Gasteiger partial charge on any atom is -1.00 e. The molecule has 0 saturated heterocycles. The molecule has 2 aromatic carbocycles. The van der Waals surface area contributed by atoms with Crippen molar-refractivity contribution in [3.8, 4) is 28.7 Å². The maximum atomic E-state index is 12.4. The number of esters is 2. The van der Waals surface area contributed by atoms with Crippen LogP contribution >= 0.6 is 11.6 Å². The van der Waals surface area contributed by atoms with Crippen molar-refractivity contribution in [2.75, 3.05) is 74.8 Å². The van der Waals surface area contributed by atoms with Crippen LogP contribution in [0.3, 0.4) is 0 Å². The Balaban J connectivity index is 0.00000800. The van der Waals surface area contributed by atoms with Gasteiger partial charge in [0, 0.05) is 43.5 Å². The molecule has 1 aliphatic heterocycles. The zero-order valence-electron chi connectivity index (χ0n) is 29.1. The number of ether oxygens (including phenoxy) is 7. The van der Waals surface area contributed by atoms with Gasteiger partial charge in [-0.05, 0) is 54.7 Å². The van der Waals surface area contributed by atoms with Gasteiger partial charge >= 0.3 is 11.9 Å². The molecule has 0 amide bonds. The third-order valence-corrected chi connectivity index (χ3v) is 8.88. The lowest BCUT2D eigenvalue weighted by atomic mass is 9.86. The first-order valence-electron chi connectivity index (χ1n) is 16.1. The van der Waals surface area contributed by atoms with Gasteiger partial charge < -0.3 is 50.0 Å². The van der Waals surface area contributed by atoms with Crippen molar-refractivity contribution in [1.29, 1.82) is 0 Å². The second-order valence-electron chi connectivity index (χ2n) is 11.7. The van der Waals surface area contributed by atoms with E-state index in [1.54, 1.807) is 35.5 Å². The maximum Gasteiger partial charge on any atom is 0.306 e. The molecule has 268 valence electrons. The highest BCUT2D eigenvalue weighted by Gasteiger charge is 2.40. The molecule has 0 fully saturated rings. The number of alkyl halides is 1. The first kappa shape index (κ1) is 40.8. The molecule has 0 N–H and O–H groups in total. The van der Waals surface area contributed by atoms with E-state index in [2.05, 4.69) is 19.2 Å². The Kier molecular flexibility index (Phi) is 17.8. The van der Waals surface area contributed by atoms with Crippen LogP contribution in [0.1, 0.15) is 61.3 Å². The molecule has 10 nitrogen and oxygen atoms in total. The van der Waals surface area contributed by atoms with Crippen LogP contribution in [-0.4, -0.2) is 91.2 Å². The van der Waals surface area contributed by atoms with Crippen molar-refractivity contribution in [2.24, 2.45) is 0 Å². The number of fused-ring (bicyclic) bond motifs is 1. The Labute approximate surface area is 296 Å². The van der Waals surface area contributed by atoms with Crippen LogP contribution in [-0.2, 0) is 31.9 Å². The number of benzene rings is 2. The summed E-state index contributed by atoms with van der Waals surface area (Å²) in [6.07, 6.45) is 8.51. The van der Waals surface area contributed by atoms with E-state index in [1.807, 2.05) is 24.3 Å². The van der Waals surface area contributed by atoms with Gasteiger partial charge in [0.25, 0.3) is 0 Å². The summed E-state index contributed by atoms with van der Waals surface area (Å²) in [5.41, 5.74) is 3.50. The zero-order chi connectivity index (χ0) is 34.2. The summed E-state index contributed by atoms with van der Waals surface area (Å²) in [6.45, 7) is 2.43. The molecule has 3 rings (SSSR count). The molecule has 0 unspecified atom stereocenters. The fraction of sp³-hybridized carbons (Fsp3) is 0.556. The number of hydrogen-bond donors (Lipinski definition) is 0. The molecular weight excluding hydrogens is 661 g/mol. The zero-order valence-corrected chi connectivity index (χ0v) is 30.6. The molecule has 0 radical (unpaired) electrons. The Morgan fingerprint density at radius 1 is 0.792 bits per heavy atom. The van der Waals surface area contributed by atoms with Gasteiger partial charge in [-0.15, -0.1) is 11.6 Å². The van der Waals surface area contributed by atoms with Crippen molar-refractivity contribution < 1.29 is 59.6 Å². The van der Waals surface area contributed by atoms with Gasteiger partial charge in [0.05, 0.1) is 68.9 Å². The number of halogens is 2. The fourth-order valence-electron chi connectivity index (χ4n) is 6.04. The standard InChI is InChI=1S/C36H51ClNO9.ClH/c1-38(17-12-20-47-35(40)14-10-8-7-9-13-34(39)46-19-11-16-37)18-15-27-24-30(41-2)31(42-3)25-28(27)29(38)21-26-22-32(43-4)36(45-6)33(23-26)44-5;/h7-8,22-25,29H,9-21H2,1-6H3;1H/q+1;/p-1/b8-7+;/t29-,38-;/m1./s1. The number of quaternary nitrogens is 1. The summed E-state index contributed by atoms with van der Waals surface area (Å²) in [6, 6.07) is 8.28. The number of carbonyl (C=O) groups excluding carboxylic acids is 2. The van der Waals surface area contributed by atoms with Gasteiger partial charge in [-0.25, -0.2) is 0 Å². The van der Waals surface area contributed by atoms with Crippen LogP contribution in [0.2, 0.25) is 0 Å². The van der Waals surface area contributed by atoms with Crippen molar-refractivity contribution in [1.82, 2.24) is 0 Å². The van der Waals surface area contributed by atoms with Crippen LogP contribution < -0.4 is 36.1 Å². The quantitative estimate of drug-likeness (QED) is 0.0674. The Morgan fingerprint density at radius 3 is 1.85 bits per heavy atom. The van der Waals surface area contributed by atoms with Crippen LogP contribution in [0, 0.1) is 0 Å². The molecule has 2 atom stereocenters. The van der Waals surface area contributed by atoms with Crippen molar-refractivity contribution in [3.05, 3.63) is 53.1 Å². The topological polar surface area (TPSA) is 98.8 Å². The second-order valence-corrected chi connectivity index (χ2v) is 12.1. The summed E-state index contributed by atoms with van der Waals surface area (Å²) in [7, 11) is 10.4. The van der Waals surface area contributed by atoms with E-state index in [0.29, 0.717) is 80.6 Å². The third kappa shape index (κ3) is 11.4. The minimum absolute atomic E-state index is 0. The molecule has 0 aromatic heterocycles. The molecule has 48 heavy (non-hydrogen) atoms. The smallest absolute Gasteiger partial charge is 0.306 e. The highest BCUT2D eigenvalue weighted by Crippen LogP contribution is 2.44. The average molecular weight is 713 g/mol. The highest BCUT2D eigenvalue weighted by molar-refractivity contribution is 6.17. The van der Waals surface area contributed by atoms with E-state index in [-0.39, 0.29) is 30.4 Å². The molecule has 1 aliphatic rings. The Bertz CT molecular complexity index is 1330. The van der Waals surface area contributed by atoms with Gasteiger partial charge in [-0.2, -0.15) is 0 Å². The number of likely N-dealkylation sites (N-methyl/N-ethyl adjacent to an activating group) is 1. The molecule has 0 saturated carbocycles. The van der Waals surface area contributed by atoms with Crippen LogP contribution in [0.15, 0.2) is 36.4 Å². The lowest BCUT2D eigenvalue weighted by Crippen LogP contribution is -3.00. The first-order chi connectivity index (χ1) is 22.7. The largest absolute Gasteiger partial charge is 1.00 e. The van der Waals surface area contributed by atoms with Gasteiger partial charge in [0.15, 0.2) is 23.0 Å². The monoisotopic (exact) mass is 711 g/mol. The van der Waals surface area contributed by atoms with Gasteiger partial charge in [0.2, 0.25) is 5.75 Å². The molecule has 0 aliphatic carbocycles. The fourth-order valence-corrected chi connectivity index (χ4v) is 6.15. The predicted octanol–water partition coefficient (Wildman–Crippen LogP) is 3.24. The molecule has 2 aromatic rings. The number of rotatable bonds is 20. The Hall–Kier alpha value is -3.34. The van der Waals surface area contributed by atoms with E-state index in [0.717, 1.165) is 41.7 Å². The number of methoxy groups -OCH3 is 5. The average Bonchev–Trinajstić information content (AvgIpc) is 3.08. The van der Waals surface area contributed by atoms with Crippen molar-refractivity contribution in [2.45, 2.75) is 57.4 Å². The summed E-state index contributed by atoms with van der Waals surface area (Å²) < 4.78 is 39.6. The van der Waals surface area contributed by atoms with Gasteiger partial charge in [0.1, 0.15) is 6.04 Å². The van der Waals surface area contributed by atoms with Crippen molar-refractivity contribution >= 4 is 23.5 Å². The van der Waals surface area contributed by atoms with E-state index in [4.69, 9.17) is 44.8 Å². The number of nitrogens with zero attached hydrogens (tertiary/aromatic N) is 1. The third-order valence-electron chi connectivity index (χ3n) is 8.62. The predicted molar refractivity (Wildman–Crippen MR) is 181 cm³/mol. The molecule has 0 bridgehead atoms. The Morgan fingerprint density at radius 2 is 1.33 bits per heavy atom. The van der Waals surface area contributed by atoms with E-state index < -0.39 is 0 Å². The van der Waals surface area contributed by atoms with Gasteiger partial charge in [-0.3, -0.25) is 9.59 Å². The molecule has 12 heteroatoms. The highest BCUT2D eigenvalue weighted by atomic mass is 35.5. The van der Waals surface area contributed by atoms with E-state index >= 15 is 0 Å². The number of carbonyl (C=O) groups is 2. The second kappa shape index (κ2) is 20.9. The van der Waals surface area contributed by atoms with E-state index in [9.17, 15) is 9.59 Å². The lowest BCUT2D eigenvalue weighted by molar-refractivity contribution is -0.941. The van der Waals surface area contributed by atoms with Crippen LogP contribution in [0.25, 0.3) is 0 Å². The van der Waals surface area contributed by atoms with Crippen molar-refractivity contribution in [3.63, 3.8) is 0 Å². The van der Waals surface area contributed by atoms with Gasteiger partial charge in [-0.1, -0.05) is 12.2 Å². The molecule has 1 heterocycles. The molecule has 0 spiro atoms. The van der Waals surface area contributed by atoms with Crippen LogP contribution in [0.5, 0.6) is 28.7 Å². The number of allylic oxidation sites excluding steroid dienone is 2. The maximum absolute atomic E-state index is 12.4. The minimum atomic E-state index is -0.239. The molecular formula is C36H51Cl2NO9. The summed E-state index contributed by atoms with van der Waals surface area (Å²) in [4.78, 5) is 24.1. The number of hydrogen-bond acceptors (Lipinski definition) is 9. The normalized spacial score (nSPS) is 16.8. The van der Waals surface area contributed by atoms with E-state index in [1.165, 1.54) is 11.1 Å².